The predicted octanol–water partition coefficient (Wildman–Crippen LogP) is 2.74. The Morgan fingerprint density at radius 3 is 2.36 bits per heavy atom. The van der Waals surface area contributed by atoms with Crippen LogP contribution in [0.3, 0.4) is 0 Å². The van der Waals surface area contributed by atoms with Gasteiger partial charge in [0.15, 0.2) is 0 Å². The highest BCUT2D eigenvalue weighted by molar-refractivity contribution is 6.00. The molecule has 0 amide bonds. The minimum absolute atomic E-state index is 0.0343. The number of ether oxygens (including phenoxy) is 2. The van der Waals surface area contributed by atoms with Gasteiger partial charge in [-0.2, -0.15) is 0 Å². The topological polar surface area (TPSA) is 186 Å². The molecule has 1 aliphatic heterocycles. The molecule has 3 atom stereocenters. The normalized spacial score (nSPS) is 22.1. The number of hydrogen-bond donors (Lipinski definition) is 2. The third-order valence-electron chi connectivity index (χ3n) is 5.91. The van der Waals surface area contributed by atoms with Crippen LogP contribution >= 0.6 is 0 Å². The number of hydrogen-bond acceptors (Lipinski definition) is 11. The minimum atomic E-state index is -1.15. The number of nitro benzene ring substituents is 1. The summed E-state index contributed by atoms with van der Waals surface area (Å²) in [5.41, 5.74) is 6.36. The molecule has 1 aromatic rings. The standard InChI is InChI=1S/C23H28N4O9/c1-12(2)34-22(28)18-13(3)25-21(24)20(19(18)14-7-6-8-15(11-14)26(30)31)23(29)35-16-9-4-5-10-17(16)36-27(32)33/h6-8,11-12,16-17,19,25H,4-5,9-10,24H2,1-3H3. The van der Waals surface area contributed by atoms with Crippen LogP contribution in [0.15, 0.2) is 46.9 Å². The fourth-order valence-electron chi connectivity index (χ4n) is 4.41. The summed E-state index contributed by atoms with van der Waals surface area (Å²) in [5, 5.41) is 24.2. The molecule has 1 aromatic carbocycles. The summed E-state index contributed by atoms with van der Waals surface area (Å²) in [6, 6.07) is 5.47. The van der Waals surface area contributed by atoms with E-state index in [0.717, 1.165) is 0 Å². The van der Waals surface area contributed by atoms with Crippen molar-refractivity contribution in [2.24, 2.45) is 5.73 Å². The predicted molar refractivity (Wildman–Crippen MR) is 124 cm³/mol. The molecule has 1 heterocycles. The van der Waals surface area contributed by atoms with E-state index in [0.29, 0.717) is 31.4 Å². The van der Waals surface area contributed by atoms with Crippen molar-refractivity contribution in [3.05, 3.63) is 72.7 Å². The van der Waals surface area contributed by atoms with Gasteiger partial charge in [0.25, 0.3) is 10.8 Å². The second-order valence-electron chi connectivity index (χ2n) is 8.83. The van der Waals surface area contributed by atoms with E-state index in [1.54, 1.807) is 20.8 Å². The first-order valence-corrected chi connectivity index (χ1v) is 11.4. The molecule has 13 nitrogen and oxygen atoms in total. The van der Waals surface area contributed by atoms with Gasteiger partial charge in [-0.3, -0.25) is 10.1 Å². The minimum Gasteiger partial charge on any atom is -0.460 e. The quantitative estimate of drug-likeness (QED) is 0.301. The maximum atomic E-state index is 13.5. The molecule has 1 fully saturated rings. The van der Waals surface area contributed by atoms with Crippen LogP contribution in [0.1, 0.15) is 57.9 Å². The number of nitrogens with two attached hydrogens (primary N) is 1. The molecule has 0 radical (unpaired) electrons. The molecule has 194 valence electrons. The fourth-order valence-corrected chi connectivity index (χ4v) is 4.41. The lowest BCUT2D eigenvalue weighted by Gasteiger charge is -2.33. The van der Waals surface area contributed by atoms with Crippen LogP contribution in [-0.4, -0.2) is 40.3 Å². The van der Waals surface area contributed by atoms with E-state index in [1.165, 1.54) is 24.3 Å². The molecular weight excluding hydrogens is 476 g/mol. The summed E-state index contributed by atoms with van der Waals surface area (Å²) in [7, 11) is 0. The maximum Gasteiger partial charge on any atom is 0.339 e. The van der Waals surface area contributed by atoms with Crippen LogP contribution < -0.4 is 11.1 Å². The average molecular weight is 504 g/mol. The van der Waals surface area contributed by atoms with Gasteiger partial charge in [0, 0.05) is 17.8 Å². The molecule has 1 aliphatic carbocycles. The second kappa shape index (κ2) is 11.1. The number of rotatable bonds is 8. The smallest absolute Gasteiger partial charge is 0.339 e. The lowest BCUT2D eigenvalue weighted by atomic mass is 9.81. The Labute approximate surface area is 206 Å². The number of carbonyl (C=O) groups excluding carboxylic acids is 2. The molecular formula is C23H28N4O9. The van der Waals surface area contributed by atoms with Gasteiger partial charge in [0.05, 0.1) is 28.1 Å². The lowest BCUT2D eigenvalue weighted by Crippen LogP contribution is -2.41. The Hall–Kier alpha value is -4.16. The first kappa shape index (κ1) is 26.4. The average Bonchev–Trinajstić information content (AvgIpc) is 2.78. The van der Waals surface area contributed by atoms with Crippen LogP contribution in [-0.2, 0) is 23.9 Å². The van der Waals surface area contributed by atoms with Crippen LogP contribution in [0.25, 0.3) is 0 Å². The summed E-state index contributed by atoms with van der Waals surface area (Å²) in [6.07, 6.45) is -0.349. The summed E-state index contributed by atoms with van der Waals surface area (Å²) >= 11 is 0. The van der Waals surface area contributed by atoms with Crippen molar-refractivity contribution in [2.45, 2.75) is 70.7 Å². The molecule has 0 spiro atoms. The van der Waals surface area contributed by atoms with Gasteiger partial charge < -0.3 is 25.4 Å². The molecule has 3 unspecified atom stereocenters. The monoisotopic (exact) mass is 504 g/mol. The van der Waals surface area contributed by atoms with Gasteiger partial charge in [-0.05, 0) is 45.6 Å². The number of benzene rings is 1. The van der Waals surface area contributed by atoms with E-state index in [2.05, 4.69) is 5.32 Å². The highest BCUT2D eigenvalue weighted by atomic mass is 17.0. The number of carbonyl (C=O) groups is 2. The fraction of sp³-hybridized carbons (Fsp3) is 0.478. The largest absolute Gasteiger partial charge is 0.460 e. The Morgan fingerprint density at radius 1 is 1.08 bits per heavy atom. The summed E-state index contributed by atoms with van der Waals surface area (Å²) in [6.45, 7) is 4.88. The third kappa shape index (κ3) is 5.90. The van der Waals surface area contributed by atoms with Crippen LogP contribution in [0.4, 0.5) is 5.69 Å². The van der Waals surface area contributed by atoms with E-state index >= 15 is 0 Å². The van der Waals surface area contributed by atoms with Gasteiger partial charge in [-0.15, -0.1) is 10.1 Å². The summed E-state index contributed by atoms with van der Waals surface area (Å²) in [4.78, 5) is 53.0. The van der Waals surface area contributed by atoms with Crippen LogP contribution in [0.5, 0.6) is 0 Å². The number of nitrogens with zero attached hydrogens (tertiary/aromatic N) is 2. The van der Waals surface area contributed by atoms with Crippen molar-refractivity contribution in [2.75, 3.05) is 0 Å². The number of allylic oxidation sites excluding steroid dienone is 1. The van der Waals surface area contributed by atoms with Gasteiger partial charge in [0.1, 0.15) is 18.0 Å². The van der Waals surface area contributed by atoms with Crippen molar-refractivity contribution in [3.8, 4) is 0 Å². The molecule has 13 heteroatoms. The Bertz CT molecular complexity index is 1130. The molecule has 1 saturated carbocycles. The number of non-ortho nitro benzene ring substituents is 1. The Kier molecular flexibility index (Phi) is 8.12. The SMILES string of the molecule is CC1=C(C(=O)OC(C)C)C(c2cccc([N+](=O)[O-])c2)C(C(=O)OC2CCCCC2O[N+](=O)[O-])=C(N)N1. The summed E-state index contributed by atoms with van der Waals surface area (Å²) in [5.74, 6) is -2.93. The molecule has 0 bridgehead atoms. The van der Waals surface area contributed by atoms with Gasteiger partial charge in [-0.1, -0.05) is 18.6 Å². The zero-order chi connectivity index (χ0) is 26.6. The van der Waals surface area contributed by atoms with E-state index in [-0.39, 0.29) is 28.2 Å². The highest BCUT2D eigenvalue weighted by Gasteiger charge is 2.41. The Morgan fingerprint density at radius 2 is 1.75 bits per heavy atom. The number of dihydropyridines is 1. The highest BCUT2D eigenvalue weighted by Crippen LogP contribution is 2.40. The van der Waals surface area contributed by atoms with E-state index in [4.69, 9.17) is 20.0 Å². The maximum absolute atomic E-state index is 13.5. The van der Waals surface area contributed by atoms with Gasteiger partial charge >= 0.3 is 11.9 Å². The van der Waals surface area contributed by atoms with Gasteiger partial charge in [0.2, 0.25) is 0 Å². The first-order chi connectivity index (χ1) is 17.0. The molecule has 36 heavy (non-hydrogen) atoms. The van der Waals surface area contributed by atoms with Gasteiger partial charge in [-0.25, -0.2) is 9.59 Å². The molecule has 3 rings (SSSR count). The Balaban J connectivity index is 2.05. The number of nitrogens with one attached hydrogen (secondary N) is 1. The first-order valence-electron chi connectivity index (χ1n) is 11.4. The molecule has 3 N–H and O–H groups in total. The molecule has 2 aliphatic rings. The van der Waals surface area contributed by atoms with Crippen molar-refractivity contribution in [1.82, 2.24) is 5.32 Å². The van der Waals surface area contributed by atoms with Crippen molar-refractivity contribution >= 4 is 17.6 Å². The van der Waals surface area contributed by atoms with E-state index in [1.807, 2.05) is 0 Å². The van der Waals surface area contributed by atoms with Crippen molar-refractivity contribution in [3.63, 3.8) is 0 Å². The van der Waals surface area contributed by atoms with Crippen LogP contribution in [0, 0.1) is 20.2 Å². The second-order valence-corrected chi connectivity index (χ2v) is 8.83. The van der Waals surface area contributed by atoms with E-state index in [9.17, 15) is 29.8 Å². The zero-order valence-corrected chi connectivity index (χ0v) is 20.1. The summed E-state index contributed by atoms with van der Waals surface area (Å²) < 4.78 is 11.0. The van der Waals surface area contributed by atoms with E-state index < -0.39 is 46.2 Å². The number of esters is 2. The molecule has 0 saturated heterocycles. The van der Waals surface area contributed by atoms with Crippen molar-refractivity contribution in [1.29, 1.82) is 0 Å². The third-order valence-corrected chi connectivity index (χ3v) is 5.91. The van der Waals surface area contributed by atoms with Crippen LogP contribution in [0.2, 0.25) is 0 Å². The zero-order valence-electron chi connectivity index (χ0n) is 20.1. The van der Waals surface area contributed by atoms with Crippen molar-refractivity contribution < 1.29 is 33.9 Å². The number of nitro groups is 1. The molecule has 0 aromatic heterocycles. The lowest BCUT2D eigenvalue weighted by molar-refractivity contribution is -0.771.